The summed E-state index contributed by atoms with van der Waals surface area (Å²) in [6.07, 6.45) is 2.90. The molecule has 4 rings (SSSR count). The summed E-state index contributed by atoms with van der Waals surface area (Å²) >= 11 is 1.54. The highest BCUT2D eigenvalue weighted by atomic mass is 32.2. The second-order valence-corrected chi connectivity index (χ2v) is 8.19. The summed E-state index contributed by atoms with van der Waals surface area (Å²) in [5.41, 5.74) is 3.42. The number of aromatic nitrogens is 3. The summed E-state index contributed by atoms with van der Waals surface area (Å²) in [5.74, 6) is 2.16. The molecule has 1 aliphatic rings. The van der Waals surface area contributed by atoms with Gasteiger partial charge >= 0.3 is 0 Å². The van der Waals surface area contributed by atoms with Crippen LogP contribution in [0.15, 0.2) is 53.7 Å². The van der Waals surface area contributed by atoms with Gasteiger partial charge in [-0.15, -0.1) is 10.2 Å². The van der Waals surface area contributed by atoms with Gasteiger partial charge in [0.05, 0.1) is 12.2 Å². The molecule has 0 spiro atoms. The third kappa shape index (κ3) is 4.51. The minimum Gasteiger partial charge on any atom is -0.493 e. The zero-order valence-electron chi connectivity index (χ0n) is 17.3. The standard InChI is InChI=1S/C23H26N4O2S/c1-3-5-10-15-28-19-14-9-7-12-17(19)21-24-18-13-8-6-11-16(18)20-22(29-21)25-23(27-26-20)30-4-2/h6-9,11-14,21,24H,3-5,10,15H2,1-2H3. The van der Waals surface area contributed by atoms with Gasteiger partial charge in [-0.1, -0.05) is 68.8 Å². The van der Waals surface area contributed by atoms with Gasteiger partial charge < -0.3 is 14.8 Å². The van der Waals surface area contributed by atoms with E-state index in [4.69, 9.17) is 9.47 Å². The predicted octanol–water partition coefficient (Wildman–Crippen LogP) is 5.72. The molecular weight excluding hydrogens is 396 g/mol. The Kier molecular flexibility index (Phi) is 6.69. The van der Waals surface area contributed by atoms with E-state index in [1.807, 2.05) is 48.5 Å². The van der Waals surface area contributed by atoms with Crippen molar-refractivity contribution in [2.24, 2.45) is 0 Å². The topological polar surface area (TPSA) is 69.2 Å². The number of benzene rings is 2. The highest BCUT2D eigenvalue weighted by Crippen LogP contribution is 2.41. The highest BCUT2D eigenvalue weighted by Gasteiger charge is 2.27. The number of ether oxygens (including phenoxy) is 2. The van der Waals surface area contributed by atoms with Crippen molar-refractivity contribution >= 4 is 17.4 Å². The second-order valence-electron chi connectivity index (χ2n) is 6.96. The molecule has 0 amide bonds. The van der Waals surface area contributed by atoms with Crippen LogP contribution in [-0.4, -0.2) is 27.5 Å². The maximum absolute atomic E-state index is 6.36. The first-order valence-corrected chi connectivity index (χ1v) is 11.4. The lowest BCUT2D eigenvalue weighted by molar-refractivity contribution is 0.215. The van der Waals surface area contributed by atoms with Crippen LogP contribution in [0.25, 0.3) is 11.3 Å². The summed E-state index contributed by atoms with van der Waals surface area (Å²) in [6.45, 7) is 4.94. The van der Waals surface area contributed by atoms with Crippen LogP contribution in [0.4, 0.5) is 5.69 Å². The molecule has 0 aliphatic carbocycles. The van der Waals surface area contributed by atoms with Gasteiger partial charge in [-0.05, 0) is 30.4 Å². The average Bonchev–Trinajstić information content (AvgIpc) is 2.94. The van der Waals surface area contributed by atoms with E-state index >= 15 is 0 Å². The van der Waals surface area contributed by atoms with E-state index in [0.717, 1.165) is 47.6 Å². The second kappa shape index (κ2) is 9.80. The molecule has 0 saturated heterocycles. The smallest absolute Gasteiger partial charge is 0.247 e. The SMILES string of the molecule is CCCCCOc1ccccc1C1Nc2ccccc2-c2nnc(SCC)nc2O1. The Labute approximate surface area is 181 Å². The predicted molar refractivity (Wildman–Crippen MR) is 120 cm³/mol. The number of unbranched alkanes of at least 4 members (excludes halogenated alkanes) is 2. The Bertz CT molecular complexity index is 998. The Morgan fingerprint density at radius 1 is 1.03 bits per heavy atom. The number of hydrogen-bond donors (Lipinski definition) is 1. The molecule has 3 aromatic rings. The molecule has 2 heterocycles. The number of nitrogens with zero attached hydrogens (tertiary/aromatic N) is 3. The van der Waals surface area contributed by atoms with E-state index in [9.17, 15) is 0 Å². The molecule has 7 heteroatoms. The van der Waals surface area contributed by atoms with E-state index in [-0.39, 0.29) is 0 Å². The molecule has 6 nitrogen and oxygen atoms in total. The quantitative estimate of drug-likeness (QED) is 0.367. The summed E-state index contributed by atoms with van der Waals surface area (Å²) in [6, 6.07) is 16.0. The first-order valence-electron chi connectivity index (χ1n) is 10.4. The van der Waals surface area contributed by atoms with E-state index in [1.54, 1.807) is 11.8 Å². The molecule has 1 N–H and O–H groups in total. The fourth-order valence-electron chi connectivity index (χ4n) is 3.34. The largest absolute Gasteiger partial charge is 0.493 e. The molecule has 1 unspecified atom stereocenters. The molecule has 0 saturated carbocycles. The van der Waals surface area contributed by atoms with Crippen LogP contribution in [-0.2, 0) is 0 Å². The Morgan fingerprint density at radius 3 is 2.73 bits per heavy atom. The molecule has 156 valence electrons. The van der Waals surface area contributed by atoms with E-state index < -0.39 is 6.23 Å². The number of rotatable bonds is 8. The van der Waals surface area contributed by atoms with Gasteiger partial charge in [0.15, 0.2) is 5.69 Å². The van der Waals surface area contributed by atoms with Crippen LogP contribution >= 0.6 is 11.8 Å². The number of para-hydroxylation sites is 2. The van der Waals surface area contributed by atoms with Crippen molar-refractivity contribution in [3.05, 3.63) is 54.1 Å². The lowest BCUT2D eigenvalue weighted by Crippen LogP contribution is -2.18. The fourth-order valence-corrected chi connectivity index (χ4v) is 3.85. The molecule has 1 aliphatic heterocycles. The minimum absolute atomic E-state index is 0.453. The third-order valence-electron chi connectivity index (χ3n) is 4.81. The molecule has 1 aromatic heterocycles. The van der Waals surface area contributed by atoms with Crippen LogP contribution in [0.5, 0.6) is 11.6 Å². The number of fused-ring (bicyclic) bond motifs is 3. The third-order valence-corrected chi connectivity index (χ3v) is 5.53. The normalized spacial score (nSPS) is 14.7. The van der Waals surface area contributed by atoms with Gasteiger partial charge in [0.25, 0.3) is 0 Å². The molecule has 0 radical (unpaired) electrons. The summed E-state index contributed by atoms with van der Waals surface area (Å²) in [4.78, 5) is 4.64. The summed E-state index contributed by atoms with van der Waals surface area (Å²) < 4.78 is 12.5. The van der Waals surface area contributed by atoms with E-state index in [0.29, 0.717) is 23.3 Å². The minimum atomic E-state index is -0.453. The van der Waals surface area contributed by atoms with Crippen molar-refractivity contribution in [2.45, 2.75) is 44.5 Å². The number of nitrogens with one attached hydrogen (secondary N) is 1. The van der Waals surface area contributed by atoms with Crippen LogP contribution in [0.3, 0.4) is 0 Å². The van der Waals surface area contributed by atoms with Crippen LogP contribution in [0.2, 0.25) is 0 Å². The van der Waals surface area contributed by atoms with Crippen LogP contribution in [0, 0.1) is 0 Å². The Balaban J connectivity index is 1.70. The number of thioether (sulfide) groups is 1. The zero-order chi connectivity index (χ0) is 20.8. The monoisotopic (exact) mass is 422 g/mol. The maximum Gasteiger partial charge on any atom is 0.247 e. The van der Waals surface area contributed by atoms with Gasteiger partial charge in [0.2, 0.25) is 17.3 Å². The van der Waals surface area contributed by atoms with Crippen molar-refractivity contribution in [3.63, 3.8) is 0 Å². The van der Waals surface area contributed by atoms with Gasteiger partial charge in [-0.2, -0.15) is 4.98 Å². The van der Waals surface area contributed by atoms with Crippen LogP contribution < -0.4 is 14.8 Å². The van der Waals surface area contributed by atoms with Gasteiger partial charge in [-0.25, -0.2) is 0 Å². The van der Waals surface area contributed by atoms with Crippen molar-refractivity contribution < 1.29 is 9.47 Å². The highest BCUT2D eigenvalue weighted by molar-refractivity contribution is 7.99. The maximum atomic E-state index is 6.36. The van der Waals surface area contributed by atoms with Crippen molar-refractivity contribution in [1.29, 1.82) is 0 Å². The van der Waals surface area contributed by atoms with Crippen LogP contribution in [0.1, 0.15) is 44.9 Å². The fraction of sp³-hybridized carbons (Fsp3) is 0.348. The van der Waals surface area contributed by atoms with Gasteiger partial charge in [0, 0.05) is 11.3 Å². The lowest BCUT2D eigenvalue weighted by atomic mass is 10.1. The molecule has 2 aromatic carbocycles. The average molecular weight is 423 g/mol. The van der Waals surface area contributed by atoms with Crippen molar-refractivity contribution in [1.82, 2.24) is 15.2 Å². The van der Waals surface area contributed by atoms with E-state index in [1.165, 1.54) is 0 Å². The number of hydrogen-bond acceptors (Lipinski definition) is 7. The summed E-state index contributed by atoms with van der Waals surface area (Å²) in [5, 5.41) is 12.8. The van der Waals surface area contributed by atoms with Crippen molar-refractivity contribution in [2.75, 3.05) is 17.7 Å². The van der Waals surface area contributed by atoms with E-state index in [2.05, 4.69) is 34.3 Å². The number of anilines is 1. The van der Waals surface area contributed by atoms with Gasteiger partial charge in [-0.3, -0.25) is 0 Å². The Morgan fingerprint density at radius 2 is 1.87 bits per heavy atom. The summed E-state index contributed by atoms with van der Waals surface area (Å²) in [7, 11) is 0. The van der Waals surface area contributed by atoms with Gasteiger partial charge in [0.1, 0.15) is 5.75 Å². The molecule has 30 heavy (non-hydrogen) atoms. The Hall–Kier alpha value is -2.80. The first kappa shape index (κ1) is 20.5. The molecule has 0 fully saturated rings. The molecule has 0 bridgehead atoms. The zero-order valence-corrected chi connectivity index (χ0v) is 18.1. The molecule has 1 atom stereocenters. The van der Waals surface area contributed by atoms with Crippen molar-refractivity contribution in [3.8, 4) is 22.9 Å². The molecular formula is C23H26N4O2S. The first-order chi connectivity index (χ1) is 14.8. The lowest BCUT2D eigenvalue weighted by Gasteiger charge is -2.22.